The second-order valence-corrected chi connectivity index (χ2v) is 8.71. The minimum Gasteiger partial charge on any atom is -0.379 e. The summed E-state index contributed by atoms with van der Waals surface area (Å²) in [5, 5.41) is 4.22. The summed E-state index contributed by atoms with van der Waals surface area (Å²) in [7, 11) is 0. The summed E-state index contributed by atoms with van der Waals surface area (Å²) in [6.45, 7) is 4.70. The first kappa shape index (κ1) is 22.7. The molecule has 0 aliphatic carbocycles. The van der Waals surface area contributed by atoms with Gasteiger partial charge in [0.15, 0.2) is 5.82 Å². The van der Waals surface area contributed by atoms with Crippen molar-refractivity contribution >= 4 is 34.0 Å². The Bertz CT molecular complexity index is 1280. The average molecular weight is 478 g/mol. The van der Waals surface area contributed by atoms with Crippen molar-refractivity contribution in [2.24, 2.45) is 0 Å². The van der Waals surface area contributed by atoms with Crippen LogP contribution in [-0.4, -0.2) is 52.7 Å². The topological polar surface area (TPSA) is 63.2 Å². The van der Waals surface area contributed by atoms with Gasteiger partial charge in [0.05, 0.1) is 23.8 Å². The van der Waals surface area contributed by atoms with Crippen LogP contribution in [0.1, 0.15) is 12.0 Å². The monoisotopic (exact) mass is 477 g/mol. The third-order valence-electron chi connectivity index (χ3n) is 5.91. The number of halogens is 2. The molecule has 0 saturated carbocycles. The molecule has 0 bridgehead atoms. The highest BCUT2D eigenvalue weighted by Crippen LogP contribution is 2.29. The summed E-state index contributed by atoms with van der Waals surface area (Å²) in [4.78, 5) is 16.2. The number of benzene rings is 2. The highest BCUT2D eigenvalue weighted by molar-refractivity contribution is 6.31. The van der Waals surface area contributed by atoms with E-state index in [2.05, 4.69) is 27.3 Å². The van der Waals surface area contributed by atoms with E-state index in [9.17, 15) is 4.39 Å². The van der Waals surface area contributed by atoms with Gasteiger partial charge in [-0.3, -0.25) is 9.88 Å². The van der Waals surface area contributed by atoms with Gasteiger partial charge in [-0.25, -0.2) is 14.4 Å². The number of morpholine rings is 1. The number of anilines is 2. The molecule has 1 saturated heterocycles. The molecule has 0 atom stereocenters. The smallest absolute Gasteiger partial charge is 0.163 e. The van der Waals surface area contributed by atoms with E-state index in [4.69, 9.17) is 26.3 Å². The molecule has 1 aliphatic rings. The number of hydrogen-bond acceptors (Lipinski definition) is 6. The molecule has 1 aliphatic heterocycles. The van der Waals surface area contributed by atoms with Crippen LogP contribution in [0, 0.1) is 5.82 Å². The Hall–Kier alpha value is -3.13. The van der Waals surface area contributed by atoms with Crippen LogP contribution >= 0.6 is 11.6 Å². The Kier molecular flexibility index (Phi) is 6.94. The SMILES string of the molecule is Fc1ccc(Nc2nc(-c3cccnc3)nc3cc(CCCN4CCOCC4)ccc23)cc1Cl. The maximum absolute atomic E-state index is 13.6. The Labute approximate surface area is 202 Å². The predicted molar refractivity (Wildman–Crippen MR) is 133 cm³/mol. The number of ether oxygens (including phenoxy) is 1. The molecule has 5 rings (SSSR count). The summed E-state index contributed by atoms with van der Waals surface area (Å²) < 4.78 is 19.1. The third-order valence-corrected chi connectivity index (χ3v) is 6.20. The van der Waals surface area contributed by atoms with Crippen LogP contribution in [0.5, 0.6) is 0 Å². The lowest BCUT2D eigenvalue weighted by molar-refractivity contribution is 0.0375. The van der Waals surface area contributed by atoms with Gasteiger partial charge in [0.2, 0.25) is 0 Å². The number of aromatic nitrogens is 3. The molecule has 3 heterocycles. The molecule has 2 aromatic heterocycles. The van der Waals surface area contributed by atoms with Gasteiger partial charge in [-0.2, -0.15) is 0 Å². The van der Waals surface area contributed by atoms with Crippen molar-refractivity contribution in [3.8, 4) is 11.4 Å². The molecule has 6 nitrogen and oxygen atoms in total. The van der Waals surface area contributed by atoms with Crippen molar-refractivity contribution in [3.63, 3.8) is 0 Å². The Balaban J connectivity index is 1.45. The van der Waals surface area contributed by atoms with E-state index in [1.165, 1.54) is 11.6 Å². The van der Waals surface area contributed by atoms with Crippen molar-refractivity contribution in [1.29, 1.82) is 0 Å². The third kappa shape index (κ3) is 5.33. The molecule has 2 aromatic carbocycles. The fourth-order valence-corrected chi connectivity index (χ4v) is 4.27. The van der Waals surface area contributed by atoms with Crippen molar-refractivity contribution in [3.05, 3.63) is 77.3 Å². The van der Waals surface area contributed by atoms with E-state index in [1.54, 1.807) is 24.5 Å². The van der Waals surface area contributed by atoms with Gasteiger partial charge < -0.3 is 10.1 Å². The highest BCUT2D eigenvalue weighted by atomic mass is 35.5. The maximum atomic E-state index is 13.6. The molecular formula is C26H25ClFN5O. The van der Waals surface area contributed by atoms with E-state index < -0.39 is 5.82 Å². The van der Waals surface area contributed by atoms with Crippen LogP contribution in [0.25, 0.3) is 22.3 Å². The molecule has 34 heavy (non-hydrogen) atoms. The average Bonchev–Trinajstić information content (AvgIpc) is 2.87. The van der Waals surface area contributed by atoms with Gasteiger partial charge in [0, 0.05) is 42.1 Å². The van der Waals surface area contributed by atoms with Gasteiger partial charge in [-0.05, 0) is 67.4 Å². The number of aryl methyl sites for hydroxylation is 1. The quantitative estimate of drug-likeness (QED) is 0.379. The zero-order chi connectivity index (χ0) is 23.3. The number of rotatable bonds is 7. The van der Waals surface area contributed by atoms with Crippen LogP contribution < -0.4 is 5.32 Å². The van der Waals surface area contributed by atoms with Gasteiger partial charge in [-0.15, -0.1) is 0 Å². The predicted octanol–water partition coefficient (Wildman–Crippen LogP) is 5.49. The van der Waals surface area contributed by atoms with Crippen molar-refractivity contribution < 1.29 is 9.13 Å². The van der Waals surface area contributed by atoms with Gasteiger partial charge >= 0.3 is 0 Å². The summed E-state index contributed by atoms with van der Waals surface area (Å²) in [5.41, 5.74) is 3.54. The summed E-state index contributed by atoms with van der Waals surface area (Å²) in [6, 6.07) is 14.6. The lowest BCUT2D eigenvalue weighted by Gasteiger charge is -2.26. The molecule has 1 fully saturated rings. The minimum atomic E-state index is -0.461. The maximum Gasteiger partial charge on any atom is 0.163 e. The Morgan fingerprint density at radius 1 is 1.06 bits per heavy atom. The number of nitrogens with one attached hydrogen (secondary N) is 1. The van der Waals surface area contributed by atoms with Crippen LogP contribution in [-0.2, 0) is 11.2 Å². The van der Waals surface area contributed by atoms with Crippen LogP contribution in [0.2, 0.25) is 5.02 Å². The fraction of sp³-hybridized carbons (Fsp3) is 0.269. The molecule has 1 N–H and O–H groups in total. The fourth-order valence-electron chi connectivity index (χ4n) is 4.09. The van der Waals surface area contributed by atoms with Crippen LogP contribution in [0.4, 0.5) is 15.9 Å². The van der Waals surface area contributed by atoms with Crippen LogP contribution in [0.3, 0.4) is 0 Å². The number of nitrogens with zero attached hydrogens (tertiary/aromatic N) is 4. The minimum absolute atomic E-state index is 0.0541. The molecule has 0 amide bonds. The number of fused-ring (bicyclic) bond motifs is 1. The van der Waals surface area contributed by atoms with E-state index in [0.29, 0.717) is 17.3 Å². The summed E-state index contributed by atoms with van der Waals surface area (Å²) >= 11 is 5.98. The standard InChI is InChI=1S/C26H25ClFN5O/c27-22-16-20(6-8-23(22)28)30-26-21-7-5-18(3-2-10-33-11-13-34-14-12-33)15-24(21)31-25(32-26)19-4-1-9-29-17-19/h1,4-9,15-17H,2-3,10-14H2,(H,30,31,32). The molecule has 0 radical (unpaired) electrons. The Morgan fingerprint density at radius 2 is 1.94 bits per heavy atom. The lowest BCUT2D eigenvalue weighted by atomic mass is 10.1. The van der Waals surface area contributed by atoms with Crippen molar-refractivity contribution in [2.75, 3.05) is 38.2 Å². The second kappa shape index (κ2) is 10.4. The van der Waals surface area contributed by atoms with E-state index in [-0.39, 0.29) is 5.02 Å². The van der Waals surface area contributed by atoms with Gasteiger partial charge in [0.25, 0.3) is 0 Å². The summed E-state index contributed by atoms with van der Waals surface area (Å²) in [6.07, 6.45) is 5.50. The highest BCUT2D eigenvalue weighted by Gasteiger charge is 2.13. The first-order valence-corrected chi connectivity index (χ1v) is 11.8. The molecule has 4 aromatic rings. The number of hydrogen-bond donors (Lipinski definition) is 1. The first-order valence-electron chi connectivity index (χ1n) is 11.4. The lowest BCUT2D eigenvalue weighted by Crippen LogP contribution is -2.36. The molecular weight excluding hydrogens is 453 g/mol. The summed E-state index contributed by atoms with van der Waals surface area (Å²) in [5.74, 6) is 0.741. The van der Waals surface area contributed by atoms with Crippen LogP contribution in [0.15, 0.2) is 60.9 Å². The zero-order valence-electron chi connectivity index (χ0n) is 18.7. The van der Waals surface area contributed by atoms with E-state index in [1.807, 2.05) is 18.2 Å². The van der Waals surface area contributed by atoms with Gasteiger partial charge in [-0.1, -0.05) is 17.7 Å². The molecule has 174 valence electrons. The normalized spacial score (nSPS) is 14.4. The first-order chi connectivity index (χ1) is 16.7. The second-order valence-electron chi connectivity index (χ2n) is 8.30. The molecule has 0 unspecified atom stereocenters. The number of pyridine rings is 1. The zero-order valence-corrected chi connectivity index (χ0v) is 19.4. The largest absolute Gasteiger partial charge is 0.379 e. The Morgan fingerprint density at radius 3 is 2.74 bits per heavy atom. The van der Waals surface area contributed by atoms with Crippen molar-refractivity contribution in [2.45, 2.75) is 12.8 Å². The molecule has 0 spiro atoms. The van der Waals surface area contributed by atoms with E-state index >= 15 is 0 Å². The van der Waals surface area contributed by atoms with E-state index in [0.717, 1.165) is 62.2 Å². The van der Waals surface area contributed by atoms with Crippen molar-refractivity contribution in [1.82, 2.24) is 19.9 Å². The molecule has 8 heteroatoms. The van der Waals surface area contributed by atoms with Gasteiger partial charge in [0.1, 0.15) is 11.6 Å².